The van der Waals surface area contributed by atoms with Gasteiger partial charge >= 0.3 is 0 Å². The molecule has 74 valence electrons. The molecule has 1 unspecified atom stereocenters. The number of rotatable bonds is 3. The Morgan fingerprint density at radius 1 is 1.50 bits per heavy atom. The fourth-order valence-corrected chi connectivity index (χ4v) is 1.53. The molecule has 14 heavy (non-hydrogen) atoms. The zero-order chi connectivity index (χ0) is 9.97. The van der Waals surface area contributed by atoms with Crippen LogP contribution in [0, 0.1) is 0 Å². The summed E-state index contributed by atoms with van der Waals surface area (Å²) < 4.78 is 0. The largest absolute Gasteiger partial charge is 0.508 e. The molecule has 0 spiro atoms. The van der Waals surface area contributed by atoms with Crippen LogP contribution in [0.3, 0.4) is 0 Å². The summed E-state index contributed by atoms with van der Waals surface area (Å²) in [6.45, 7) is 0.928. The molecule has 3 heteroatoms. The van der Waals surface area contributed by atoms with Gasteiger partial charge in [-0.2, -0.15) is 0 Å². The van der Waals surface area contributed by atoms with E-state index in [4.69, 9.17) is 0 Å². The quantitative estimate of drug-likeness (QED) is 0.745. The molecule has 1 aromatic carbocycles. The summed E-state index contributed by atoms with van der Waals surface area (Å²) in [5, 5.41) is 12.5. The lowest BCUT2D eigenvalue weighted by atomic mass is 9.97. The third-order valence-corrected chi connectivity index (χ3v) is 2.57. The van der Waals surface area contributed by atoms with Crippen LogP contribution in [-0.2, 0) is 11.2 Å². The van der Waals surface area contributed by atoms with Crippen molar-refractivity contribution in [3.63, 3.8) is 0 Å². The Hall–Kier alpha value is -1.35. The molecule has 1 fully saturated rings. The molecule has 2 N–H and O–H groups in total. The average Bonchev–Trinajstić information content (AvgIpc) is 2.05. The molecule has 3 nitrogen and oxygen atoms in total. The molecule has 0 aliphatic carbocycles. The van der Waals surface area contributed by atoms with E-state index < -0.39 is 0 Å². The zero-order valence-corrected chi connectivity index (χ0v) is 7.86. The van der Waals surface area contributed by atoms with Crippen LogP contribution in [0.15, 0.2) is 24.3 Å². The Labute approximate surface area is 82.8 Å². The first-order valence-electron chi connectivity index (χ1n) is 4.80. The van der Waals surface area contributed by atoms with E-state index in [0.29, 0.717) is 12.0 Å². The first kappa shape index (κ1) is 9.21. The predicted molar refractivity (Wildman–Crippen MR) is 53.2 cm³/mol. The van der Waals surface area contributed by atoms with Crippen LogP contribution in [0.2, 0.25) is 0 Å². The summed E-state index contributed by atoms with van der Waals surface area (Å²) in [6.07, 6.45) is 1.25. The van der Waals surface area contributed by atoms with Gasteiger partial charge < -0.3 is 10.4 Å². The molecule has 0 saturated carbocycles. The molecular weight excluding hydrogens is 178 g/mol. The van der Waals surface area contributed by atoms with Crippen molar-refractivity contribution in [2.75, 3.05) is 6.54 Å². The van der Waals surface area contributed by atoms with Crippen molar-refractivity contribution in [1.82, 2.24) is 5.32 Å². The van der Waals surface area contributed by atoms with E-state index in [2.05, 4.69) is 5.32 Å². The van der Waals surface area contributed by atoms with Gasteiger partial charge in [0.05, 0.1) is 6.04 Å². The van der Waals surface area contributed by atoms with E-state index in [0.717, 1.165) is 13.0 Å². The van der Waals surface area contributed by atoms with Gasteiger partial charge in [0.25, 0.3) is 0 Å². The minimum Gasteiger partial charge on any atom is -0.508 e. The summed E-state index contributed by atoms with van der Waals surface area (Å²) in [5.41, 5.74) is 0.714. The number of carbonyl (C=O) groups is 1. The van der Waals surface area contributed by atoms with Crippen LogP contribution in [0.25, 0.3) is 0 Å². The Morgan fingerprint density at radius 2 is 2.21 bits per heavy atom. The molecule has 2 rings (SSSR count). The molecule has 0 aromatic heterocycles. The number of benzene rings is 1. The first-order valence-corrected chi connectivity index (χ1v) is 4.80. The van der Waals surface area contributed by atoms with E-state index in [1.165, 1.54) is 0 Å². The van der Waals surface area contributed by atoms with Gasteiger partial charge in [-0.25, -0.2) is 0 Å². The summed E-state index contributed by atoms with van der Waals surface area (Å²) in [7, 11) is 0. The van der Waals surface area contributed by atoms with Crippen molar-refractivity contribution in [2.24, 2.45) is 0 Å². The third-order valence-electron chi connectivity index (χ3n) is 2.57. The molecule has 1 heterocycles. The SMILES string of the molecule is O=C(Cc1ccccc1O)C1CCN1. The number of ketones is 1. The monoisotopic (exact) mass is 191 g/mol. The summed E-state index contributed by atoms with van der Waals surface area (Å²) >= 11 is 0. The number of hydrogen-bond donors (Lipinski definition) is 2. The van der Waals surface area contributed by atoms with Gasteiger partial charge in [0, 0.05) is 12.0 Å². The fraction of sp³-hybridized carbons (Fsp3) is 0.364. The predicted octanol–water partition coefficient (Wildman–Crippen LogP) is 0.866. The van der Waals surface area contributed by atoms with Crippen molar-refractivity contribution in [1.29, 1.82) is 0 Å². The number of hydrogen-bond acceptors (Lipinski definition) is 3. The number of aromatic hydroxyl groups is 1. The molecular formula is C11H13NO2. The molecule has 1 aliphatic heterocycles. The lowest BCUT2D eigenvalue weighted by Gasteiger charge is -2.26. The van der Waals surface area contributed by atoms with E-state index in [1.54, 1.807) is 18.2 Å². The standard InChI is InChI=1S/C11H13NO2/c13-10-4-2-1-3-8(10)7-11(14)9-5-6-12-9/h1-4,9,12-13H,5-7H2. The van der Waals surface area contributed by atoms with E-state index in [-0.39, 0.29) is 17.6 Å². The Balaban J connectivity index is 2.03. The summed E-state index contributed by atoms with van der Waals surface area (Å²) in [6, 6.07) is 6.99. The first-order chi connectivity index (χ1) is 6.77. The van der Waals surface area contributed by atoms with Gasteiger partial charge in [-0.15, -0.1) is 0 Å². The average molecular weight is 191 g/mol. The fourth-order valence-electron chi connectivity index (χ4n) is 1.53. The Bertz CT molecular complexity index is 345. The topological polar surface area (TPSA) is 49.3 Å². The number of para-hydroxylation sites is 1. The molecule has 0 amide bonds. The summed E-state index contributed by atoms with van der Waals surface area (Å²) in [4.78, 5) is 11.6. The number of phenols is 1. The maximum absolute atomic E-state index is 11.6. The molecule has 1 aliphatic rings. The molecule has 1 atom stereocenters. The van der Waals surface area contributed by atoms with E-state index >= 15 is 0 Å². The van der Waals surface area contributed by atoms with Crippen molar-refractivity contribution < 1.29 is 9.90 Å². The van der Waals surface area contributed by atoms with Gasteiger partial charge in [-0.3, -0.25) is 4.79 Å². The van der Waals surface area contributed by atoms with Crippen LogP contribution in [0.5, 0.6) is 5.75 Å². The molecule has 1 saturated heterocycles. The molecule has 0 radical (unpaired) electrons. The van der Waals surface area contributed by atoms with E-state index in [9.17, 15) is 9.90 Å². The van der Waals surface area contributed by atoms with Gasteiger partial charge in [0.15, 0.2) is 5.78 Å². The smallest absolute Gasteiger partial charge is 0.154 e. The van der Waals surface area contributed by atoms with Crippen molar-refractivity contribution >= 4 is 5.78 Å². The highest BCUT2D eigenvalue weighted by Gasteiger charge is 2.24. The van der Waals surface area contributed by atoms with Crippen LogP contribution in [-0.4, -0.2) is 23.5 Å². The highest BCUT2D eigenvalue weighted by atomic mass is 16.3. The summed E-state index contributed by atoms with van der Waals surface area (Å²) in [5.74, 6) is 0.373. The minimum atomic E-state index is 0.00889. The number of nitrogens with one attached hydrogen (secondary N) is 1. The number of phenolic OH excluding ortho intramolecular Hbond substituents is 1. The van der Waals surface area contributed by atoms with E-state index in [1.807, 2.05) is 6.07 Å². The van der Waals surface area contributed by atoms with Crippen LogP contribution >= 0.6 is 0 Å². The zero-order valence-electron chi connectivity index (χ0n) is 7.86. The second kappa shape index (κ2) is 3.80. The molecule has 1 aromatic rings. The number of carbonyl (C=O) groups excluding carboxylic acids is 1. The lowest BCUT2D eigenvalue weighted by molar-refractivity contribution is -0.121. The third kappa shape index (κ3) is 1.77. The normalized spacial score (nSPS) is 20.1. The van der Waals surface area contributed by atoms with Gasteiger partial charge in [0.2, 0.25) is 0 Å². The number of Topliss-reactive ketones (excluding diaryl/α,β-unsaturated/α-hetero) is 1. The maximum Gasteiger partial charge on any atom is 0.154 e. The Morgan fingerprint density at radius 3 is 2.79 bits per heavy atom. The van der Waals surface area contributed by atoms with Crippen molar-refractivity contribution in [3.8, 4) is 5.75 Å². The second-order valence-corrected chi connectivity index (χ2v) is 3.57. The Kier molecular flexibility index (Phi) is 2.50. The minimum absolute atomic E-state index is 0.00889. The van der Waals surface area contributed by atoms with Crippen LogP contribution < -0.4 is 5.32 Å². The maximum atomic E-state index is 11.6. The second-order valence-electron chi connectivity index (χ2n) is 3.57. The lowest BCUT2D eigenvalue weighted by Crippen LogP contribution is -2.49. The van der Waals surface area contributed by atoms with Crippen LogP contribution in [0.4, 0.5) is 0 Å². The van der Waals surface area contributed by atoms with Crippen molar-refractivity contribution in [3.05, 3.63) is 29.8 Å². The van der Waals surface area contributed by atoms with Gasteiger partial charge in [-0.05, 0) is 19.0 Å². The van der Waals surface area contributed by atoms with Gasteiger partial charge in [0.1, 0.15) is 5.75 Å². The van der Waals surface area contributed by atoms with Crippen LogP contribution in [0.1, 0.15) is 12.0 Å². The van der Waals surface area contributed by atoms with Gasteiger partial charge in [-0.1, -0.05) is 18.2 Å². The molecule has 0 bridgehead atoms. The highest BCUT2D eigenvalue weighted by molar-refractivity contribution is 5.87. The highest BCUT2D eigenvalue weighted by Crippen LogP contribution is 2.18. The van der Waals surface area contributed by atoms with Crippen molar-refractivity contribution in [2.45, 2.75) is 18.9 Å².